The molecule has 0 atom stereocenters. The van der Waals surface area contributed by atoms with Crippen LogP contribution >= 0.6 is 0 Å². The predicted molar refractivity (Wildman–Crippen MR) is 68.1 cm³/mol. The van der Waals surface area contributed by atoms with E-state index in [0.717, 1.165) is 31.9 Å². The molecule has 1 aromatic rings. The van der Waals surface area contributed by atoms with E-state index in [1.165, 1.54) is 11.1 Å². The molecule has 0 unspecified atom stereocenters. The summed E-state index contributed by atoms with van der Waals surface area (Å²) in [4.78, 5) is 2.44. The van der Waals surface area contributed by atoms with Crippen molar-refractivity contribution in [3.63, 3.8) is 0 Å². The van der Waals surface area contributed by atoms with Crippen LogP contribution in [0.2, 0.25) is 0 Å². The molecule has 3 heteroatoms. The highest BCUT2D eigenvalue weighted by Gasteiger charge is 2.30. The number of benzene rings is 1. The van der Waals surface area contributed by atoms with E-state index in [9.17, 15) is 0 Å². The highest BCUT2D eigenvalue weighted by atomic mass is 16.5. The Bertz CT molecular complexity index is 411. The van der Waals surface area contributed by atoms with Crippen molar-refractivity contribution < 1.29 is 4.74 Å². The molecule has 0 bridgehead atoms. The topological polar surface area (TPSA) is 24.5 Å². The zero-order valence-electron chi connectivity index (χ0n) is 10.6. The van der Waals surface area contributed by atoms with Crippen LogP contribution in [-0.4, -0.2) is 30.1 Å². The number of hydrogen-bond acceptors (Lipinski definition) is 3. The van der Waals surface area contributed by atoms with Crippen LogP contribution in [0.1, 0.15) is 25.0 Å². The molecule has 3 nitrogen and oxygen atoms in total. The van der Waals surface area contributed by atoms with Crippen LogP contribution in [0, 0.1) is 0 Å². The van der Waals surface area contributed by atoms with Gasteiger partial charge < -0.3 is 10.1 Å². The van der Waals surface area contributed by atoms with Gasteiger partial charge in [-0.1, -0.05) is 12.1 Å². The van der Waals surface area contributed by atoms with Crippen molar-refractivity contribution in [3.8, 4) is 5.75 Å². The van der Waals surface area contributed by atoms with Crippen molar-refractivity contribution in [1.82, 2.24) is 10.2 Å². The zero-order chi connectivity index (χ0) is 11.8. The van der Waals surface area contributed by atoms with Gasteiger partial charge in [0, 0.05) is 37.8 Å². The normalized spacial score (nSPS) is 20.4. The third kappa shape index (κ3) is 2.05. The molecule has 2 aliphatic heterocycles. The molecule has 92 valence electrons. The Labute approximate surface area is 103 Å². The van der Waals surface area contributed by atoms with Gasteiger partial charge in [-0.2, -0.15) is 0 Å². The van der Waals surface area contributed by atoms with Crippen molar-refractivity contribution in [2.24, 2.45) is 0 Å². The summed E-state index contributed by atoms with van der Waals surface area (Å²) in [5.41, 5.74) is 2.75. The summed E-state index contributed by atoms with van der Waals surface area (Å²) in [5, 5.41) is 3.37. The maximum Gasteiger partial charge on any atom is 0.124 e. The fourth-order valence-electron chi connectivity index (χ4n) is 2.56. The summed E-state index contributed by atoms with van der Waals surface area (Å²) in [6.45, 7) is 8.53. The first-order chi connectivity index (χ1) is 8.24. The van der Waals surface area contributed by atoms with Gasteiger partial charge in [0.25, 0.3) is 0 Å². The van der Waals surface area contributed by atoms with E-state index in [1.807, 2.05) is 0 Å². The second kappa shape index (κ2) is 4.31. The number of rotatable bonds is 3. The maximum atomic E-state index is 6.09. The first-order valence-corrected chi connectivity index (χ1v) is 6.46. The summed E-state index contributed by atoms with van der Waals surface area (Å²) < 4.78 is 6.09. The minimum absolute atomic E-state index is 0.379. The fraction of sp³-hybridized carbons (Fsp3) is 0.571. The van der Waals surface area contributed by atoms with Crippen LogP contribution in [0.25, 0.3) is 0 Å². The Morgan fingerprint density at radius 2 is 2.12 bits per heavy atom. The molecule has 0 aliphatic carbocycles. The van der Waals surface area contributed by atoms with E-state index >= 15 is 0 Å². The minimum Gasteiger partial charge on any atom is -0.487 e. The number of hydrogen-bond donors (Lipinski definition) is 1. The van der Waals surface area contributed by atoms with Gasteiger partial charge in [0.2, 0.25) is 0 Å². The summed E-state index contributed by atoms with van der Waals surface area (Å²) in [6, 6.07) is 7.02. The molecule has 2 aliphatic rings. The van der Waals surface area contributed by atoms with E-state index in [-0.39, 0.29) is 0 Å². The highest BCUT2D eigenvalue weighted by Crippen LogP contribution is 2.28. The summed E-state index contributed by atoms with van der Waals surface area (Å²) in [6.07, 6.45) is 0.379. The molecule has 17 heavy (non-hydrogen) atoms. The SMILES string of the molecule is CC(C)N1CC(Oc2cccc3c2CNC3)C1. The van der Waals surface area contributed by atoms with Gasteiger partial charge in [-0.3, -0.25) is 4.90 Å². The number of likely N-dealkylation sites (tertiary alicyclic amines) is 1. The van der Waals surface area contributed by atoms with Gasteiger partial charge in [-0.05, 0) is 25.5 Å². The Morgan fingerprint density at radius 3 is 2.88 bits per heavy atom. The number of nitrogens with one attached hydrogen (secondary N) is 1. The first-order valence-electron chi connectivity index (χ1n) is 6.46. The average Bonchev–Trinajstić information content (AvgIpc) is 2.70. The van der Waals surface area contributed by atoms with Crippen molar-refractivity contribution in [1.29, 1.82) is 0 Å². The lowest BCUT2D eigenvalue weighted by molar-refractivity contribution is -0.000314. The van der Waals surface area contributed by atoms with Crippen LogP contribution in [0.3, 0.4) is 0 Å². The van der Waals surface area contributed by atoms with Crippen molar-refractivity contribution in [3.05, 3.63) is 29.3 Å². The molecule has 1 N–H and O–H groups in total. The lowest BCUT2D eigenvalue weighted by atomic mass is 10.1. The molecular weight excluding hydrogens is 212 g/mol. The third-order valence-electron chi connectivity index (χ3n) is 3.75. The Hall–Kier alpha value is -1.06. The quantitative estimate of drug-likeness (QED) is 0.859. The second-order valence-electron chi connectivity index (χ2n) is 5.28. The minimum atomic E-state index is 0.379. The zero-order valence-corrected chi connectivity index (χ0v) is 10.6. The van der Waals surface area contributed by atoms with E-state index < -0.39 is 0 Å². The van der Waals surface area contributed by atoms with Gasteiger partial charge in [0.05, 0.1) is 0 Å². The average molecular weight is 232 g/mol. The summed E-state index contributed by atoms with van der Waals surface area (Å²) in [7, 11) is 0. The fourth-order valence-corrected chi connectivity index (χ4v) is 2.56. The molecular formula is C14H20N2O. The van der Waals surface area contributed by atoms with Crippen LogP contribution in [-0.2, 0) is 13.1 Å². The summed E-state index contributed by atoms with van der Waals surface area (Å²) in [5.74, 6) is 1.08. The second-order valence-corrected chi connectivity index (χ2v) is 5.28. The molecule has 0 saturated carbocycles. The van der Waals surface area contributed by atoms with Crippen molar-refractivity contribution in [2.75, 3.05) is 13.1 Å². The van der Waals surface area contributed by atoms with Gasteiger partial charge in [-0.25, -0.2) is 0 Å². The van der Waals surface area contributed by atoms with Crippen molar-refractivity contribution in [2.45, 2.75) is 39.1 Å². The molecule has 1 saturated heterocycles. The number of ether oxygens (including phenoxy) is 1. The lowest BCUT2D eigenvalue weighted by Crippen LogP contribution is -2.56. The monoisotopic (exact) mass is 232 g/mol. The highest BCUT2D eigenvalue weighted by molar-refractivity contribution is 5.42. The molecule has 0 radical (unpaired) electrons. The Balaban J connectivity index is 1.65. The van der Waals surface area contributed by atoms with Crippen LogP contribution in [0.15, 0.2) is 18.2 Å². The first kappa shape index (κ1) is 11.1. The molecule has 1 aromatic carbocycles. The molecule has 0 amide bonds. The predicted octanol–water partition coefficient (Wildman–Crippen LogP) is 1.76. The lowest BCUT2D eigenvalue weighted by Gasteiger charge is -2.41. The number of nitrogens with zero attached hydrogens (tertiary/aromatic N) is 1. The van der Waals surface area contributed by atoms with Gasteiger partial charge in [0.1, 0.15) is 11.9 Å². The van der Waals surface area contributed by atoms with Crippen LogP contribution in [0.4, 0.5) is 0 Å². The smallest absolute Gasteiger partial charge is 0.124 e. The largest absolute Gasteiger partial charge is 0.487 e. The van der Waals surface area contributed by atoms with E-state index in [2.05, 4.69) is 42.3 Å². The standard InChI is InChI=1S/C14H20N2O/c1-10(2)16-8-12(9-16)17-14-5-3-4-11-6-15-7-13(11)14/h3-5,10,12,15H,6-9H2,1-2H3. The molecule has 1 fully saturated rings. The molecule has 0 spiro atoms. The maximum absolute atomic E-state index is 6.09. The van der Waals surface area contributed by atoms with E-state index in [0.29, 0.717) is 12.1 Å². The van der Waals surface area contributed by atoms with Crippen molar-refractivity contribution >= 4 is 0 Å². The van der Waals surface area contributed by atoms with Gasteiger partial charge in [-0.15, -0.1) is 0 Å². The van der Waals surface area contributed by atoms with Gasteiger partial charge >= 0.3 is 0 Å². The van der Waals surface area contributed by atoms with Gasteiger partial charge in [0.15, 0.2) is 0 Å². The molecule has 2 heterocycles. The third-order valence-corrected chi connectivity index (χ3v) is 3.75. The van der Waals surface area contributed by atoms with E-state index in [4.69, 9.17) is 4.74 Å². The molecule has 0 aromatic heterocycles. The summed E-state index contributed by atoms with van der Waals surface area (Å²) >= 11 is 0. The molecule has 3 rings (SSSR count). The van der Waals surface area contributed by atoms with Crippen LogP contribution in [0.5, 0.6) is 5.75 Å². The van der Waals surface area contributed by atoms with Crippen LogP contribution < -0.4 is 10.1 Å². The number of fused-ring (bicyclic) bond motifs is 1. The Kier molecular flexibility index (Phi) is 2.81. The van der Waals surface area contributed by atoms with E-state index in [1.54, 1.807) is 0 Å². The Morgan fingerprint density at radius 1 is 1.29 bits per heavy atom.